The van der Waals surface area contributed by atoms with E-state index in [-0.39, 0.29) is 5.91 Å². The summed E-state index contributed by atoms with van der Waals surface area (Å²) in [7, 11) is 1.86. The molecular weight excluding hydrogens is 232 g/mol. The van der Waals surface area contributed by atoms with E-state index in [4.69, 9.17) is 0 Å². The van der Waals surface area contributed by atoms with Gasteiger partial charge in [0.1, 0.15) is 0 Å². The van der Waals surface area contributed by atoms with Crippen LogP contribution in [0.5, 0.6) is 0 Å². The van der Waals surface area contributed by atoms with Crippen LogP contribution in [0, 0.1) is 0 Å². The summed E-state index contributed by atoms with van der Waals surface area (Å²) in [4.78, 5) is 16.3. The molecule has 3 nitrogen and oxygen atoms in total. The number of nitrogens with zero attached hydrogens (tertiary/aromatic N) is 2. The molecule has 0 saturated carbocycles. The maximum atomic E-state index is 11.6. The van der Waals surface area contributed by atoms with Crippen LogP contribution in [0.2, 0.25) is 0 Å². The topological polar surface area (TPSA) is 34.4 Å². The number of hydrogen-bond donors (Lipinski definition) is 0. The SMILES string of the molecule is Cn1ccsc1=NC(=O)C=Cc1ccccc1. The van der Waals surface area contributed by atoms with Gasteiger partial charge < -0.3 is 4.57 Å². The summed E-state index contributed by atoms with van der Waals surface area (Å²) >= 11 is 1.44. The zero-order chi connectivity index (χ0) is 12.1. The van der Waals surface area contributed by atoms with Crippen molar-refractivity contribution in [1.82, 2.24) is 4.57 Å². The van der Waals surface area contributed by atoms with Crippen LogP contribution in [0.1, 0.15) is 5.56 Å². The van der Waals surface area contributed by atoms with Crippen LogP contribution in [-0.2, 0) is 11.8 Å². The molecular formula is C13H12N2OS. The number of carbonyl (C=O) groups is 1. The lowest BCUT2D eigenvalue weighted by molar-refractivity contribution is -0.113. The smallest absolute Gasteiger partial charge is 0.272 e. The number of thiazole rings is 1. The highest BCUT2D eigenvalue weighted by Gasteiger charge is 1.94. The Hall–Kier alpha value is -1.94. The number of benzene rings is 1. The summed E-state index contributed by atoms with van der Waals surface area (Å²) in [6, 6.07) is 9.68. The van der Waals surface area contributed by atoms with E-state index in [1.807, 2.05) is 53.5 Å². The third-order valence-electron chi connectivity index (χ3n) is 2.18. The molecule has 0 N–H and O–H groups in total. The van der Waals surface area contributed by atoms with Crippen LogP contribution in [0.25, 0.3) is 6.08 Å². The third kappa shape index (κ3) is 3.26. The molecule has 0 aliphatic heterocycles. The van der Waals surface area contributed by atoms with Crippen molar-refractivity contribution < 1.29 is 4.79 Å². The van der Waals surface area contributed by atoms with E-state index in [0.717, 1.165) is 5.56 Å². The minimum atomic E-state index is -0.244. The Morgan fingerprint density at radius 3 is 2.76 bits per heavy atom. The number of carbonyl (C=O) groups excluding carboxylic acids is 1. The van der Waals surface area contributed by atoms with Crippen LogP contribution >= 0.6 is 11.3 Å². The Balaban J connectivity index is 2.14. The van der Waals surface area contributed by atoms with Crippen molar-refractivity contribution in [2.75, 3.05) is 0 Å². The maximum Gasteiger partial charge on any atom is 0.272 e. The van der Waals surface area contributed by atoms with Crippen LogP contribution < -0.4 is 4.80 Å². The molecule has 2 aromatic rings. The van der Waals surface area contributed by atoms with Crippen molar-refractivity contribution in [3.05, 3.63) is 58.3 Å². The molecule has 0 fully saturated rings. The largest absolute Gasteiger partial charge is 0.327 e. The lowest BCUT2D eigenvalue weighted by atomic mass is 10.2. The average molecular weight is 244 g/mol. The highest BCUT2D eigenvalue weighted by molar-refractivity contribution is 7.07. The van der Waals surface area contributed by atoms with E-state index in [0.29, 0.717) is 4.80 Å². The predicted octanol–water partition coefficient (Wildman–Crippen LogP) is 2.23. The second kappa shape index (κ2) is 5.41. The molecule has 0 atom stereocenters. The van der Waals surface area contributed by atoms with Crippen molar-refractivity contribution >= 4 is 23.3 Å². The molecule has 0 unspecified atom stereocenters. The first kappa shape index (κ1) is 11.5. The first-order chi connectivity index (χ1) is 8.25. The van der Waals surface area contributed by atoms with E-state index in [2.05, 4.69) is 4.99 Å². The zero-order valence-electron chi connectivity index (χ0n) is 9.41. The molecule has 4 heteroatoms. The monoisotopic (exact) mass is 244 g/mol. The fourth-order valence-electron chi connectivity index (χ4n) is 1.30. The number of hydrogen-bond acceptors (Lipinski definition) is 2. The lowest BCUT2D eigenvalue weighted by Gasteiger charge is -1.90. The minimum absolute atomic E-state index is 0.244. The highest BCUT2D eigenvalue weighted by Crippen LogP contribution is 2.00. The molecule has 0 bridgehead atoms. The Morgan fingerprint density at radius 2 is 2.12 bits per heavy atom. The molecule has 0 spiro atoms. The minimum Gasteiger partial charge on any atom is -0.327 e. The number of aromatic nitrogens is 1. The van der Waals surface area contributed by atoms with Gasteiger partial charge in [-0.15, -0.1) is 11.3 Å². The van der Waals surface area contributed by atoms with E-state index in [1.54, 1.807) is 6.08 Å². The molecule has 1 aromatic heterocycles. The molecule has 0 saturated heterocycles. The van der Waals surface area contributed by atoms with Gasteiger partial charge in [-0.3, -0.25) is 4.79 Å². The number of amides is 1. The normalized spacial score (nSPS) is 12.2. The van der Waals surface area contributed by atoms with E-state index >= 15 is 0 Å². The average Bonchev–Trinajstić information content (AvgIpc) is 2.74. The zero-order valence-corrected chi connectivity index (χ0v) is 10.2. The van der Waals surface area contributed by atoms with Gasteiger partial charge in [0.2, 0.25) is 0 Å². The van der Waals surface area contributed by atoms with Crippen LogP contribution in [-0.4, -0.2) is 10.5 Å². The van der Waals surface area contributed by atoms with E-state index in [9.17, 15) is 4.79 Å². The Kier molecular flexibility index (Phi) is 3.67. The molecule has 0 aliphatic rings. The lowest BCUT2D eigenvalue weighted by Crippen LogP contribution is -2.11. The molecule has 17 heavy (non-hydrogen) atoms. The van der Waals surface area contributed by atoms with Crippen molar-refractivity contribution in [3.63, 3.8) is 0 Å². The molecule has 0 aliphatic carbocycles. The van der Waals surface area contributed by atoms with E-state index < -0.39 is 0 Å². The number of rotatable bonds is 2. The Labute approximate surface area is 103 Å². The predicted molar refractivity (Wildman–Crippen MR) is 69.3 cm³/mol. The number of aryl methyl sites for hydroxylation is 1. The summed E-state index contributed by atoms with van der Waals surface area (Å²) in [5.74, 6) is -0.244. The molecule has 2 rings (SSSR count). The van der Waals surface area contributed by atoms with Crippen LogP contribution in [0.4, 0.5) is 0 Å². The Bertz CT molecular complexity index is 593. The van der Waals surface area contributed by atoms with Gasteiger partial charge >= 0.3 is 0 Å². The molecule has 1 aromatic carbocycles. The van der Waals surface area contributed by atoms with Gasteiger partial charge in [0, 0.05) is 24.7 Å². The second-order valence-electron chi connectivity index (χ2n) is 3.49. The third-order valence-corrected chi connectivity index (χ3v) is 3.03. The summed E-state index contributed by atoms with van der Waals surface area (Å²) in [5.41, 5.74) is 0.992. The van der Waals surface area contributed by atoms with Crippen molar-refractivity contribution in [2.45, 2.75) is 0 Å². The van der Waals surface area contributed by atoms with Gasteiger partial charge in [0.15, 0.2) is 4.80 Å². The summed E-state index contributed by atoms with van der Waals surface area (Å²) in [5, 5.41) is 1.90. The van der Waals surface area contributed by atoms with Gasteiger partial charge in [0.25, 0.3) is 5.91 Å². The van der Waals surface area contributed by atoms with Gasteiger partial charge in [0.05, 0.1) is 0 Å². The summed E-state index contributed by atoms with van der Waals surface area (Å²) in [6.45, 7) is 0. The molecule has 1 amide bonds. The van der Waals surface area contributed by atoms with Crippen LogP contribution in [0.15, 0.2) is 53.0 Å². The fraction of sp³-hybridized carbons (Fsp3) is 0.0769. The first-order valence-electron chi connectivity index (χ1n) is 5.17. The van der Waals surface area contributed by atoms with Gasteiger partial charge in [-0.05, 0) is 11.6 Å². The van der Waals surface area contributed by atoms with Gasteiger partial charge in [-0.25, -0.2) is 0 Å². The van der Waals surface area contributed by atoms with Gasteiger partial charge in [-0.1, -0.05) is 30.3 Å². The Morgan fingerprint density at radius 1 is 1.35 bits per heavy atom. The molecule has 0 radical (unpaired) electrons. The quantitative estimate of drug-likeness (QED) is 0.746. The second-order valence-corrected chi connectivity index (χ2v) is 4.36. The molecule has 1 heterocycles. The van der Waals surface area contributed by atoms with Crippen molar-refractivity contribution in [1.29, 1.82) is 0 Å². The van der Waals surface area contributed by atoms with Crippen LogP contribution in [0.3, 0.4) is 0 Å². The van der Waals surface area contributed by atoms with E-state index in [1.165, 1.54) is 17.4 Å². The summed E-state index contributed by atoms with van der Waals surface area (Å²) < 4.78 is 1.82. The highest BCUT2D eigenvalue weighted by atomic mass is 32.1. The van der Waals surface area contributed by atoms with Crippen molar-refractivity contribution in [2.24, 2.45) is 12.0 Å². The summed E-state index contributed by atoms with van der Waals surface area (Å²) in [6.07, 6.45) is 5.12. The van der Waals surface area contributed by atoms with Gasteiger partial charge in [-0.2, -0.15) is 4.99 Å². The maximum absolute atomic E-state index is 11.6. The van der Waals surface area contributed by atoms with Crippen molar-refractivity contribution in [3.8, 4) is 0 Å². The first-order valence-corrected chi connectivity index (χ1v) is 6.05. The standard InChI is InChI=1S/C13H12N2OS/c1-15-9-10-17-13(15)14-12(16)8-7-11-5-3-2-4-6-11/h2-10H,1H3. The fourth-order valence-corrected chi connectivity index (χ4v) is 2.03. The molecule has 86 valence electrons.